The predicted octanol–water partition coefficient (Wildman–Crippen LogP) is 10.00. The average Bonchev–Trinajstić information content (AvgIpc) is 3.08. The minimum atomic E-state index is -0.0515. The van der Waals surface area contributed by atoms with Gasteiger partial charge in [-0.2, -0.15) is 0 Å². The van der Waals surface area contributed by atoms with E-state index in [1.807, 2.05) is 0 Å². The van der Waals surface area contributed by atoms with Crippen LogP contribution in [0.25, 0.3) is 29.4 Å². The summed E-state index contributed by atoms with van der Waals surface area (Å²) in [6, 6.07) is 47.9. The number of nitrogens with zero attached hydrogens (tertiary/aromatic N) is 3. The monoisotopic (exact) mass is 603 g/mol. The maximum absolute atomic E-state index is 2.37. The highest BCUT2D eigenvalue weighted by atomic mass is 15.1. The van der Waals surface area contributed by atoms with E-state index >= 15 is 0 Å². The second-order valence-electron chi connectivity index (χ2n) is 12.2. The zero-order chi connectivity index (χ0) is 32.5. The van der Waals surface area contributed by atoms with Crippen LogP contribution in [0.1, 0.15) is 27.8 Å². The molecule has 0 radical (unpaired) electrons. The van der Waals surface area contributed by atoms with Crippen molar-refractivity contribution in [1.29, 1.82) is 0 Å². The van der Waals surface area contributed by atoms with E-state index in [2.05, 4.69) is 215 Å². The Morgan fingerprint density at radius 3 is 1.11 bits per heavy atom. The average molecular weight is 604 g/mol. The molecule has 0 aliphatic carbocycles. The van der Waals surface area contributed by atoms with E-state index in [-0.39, 0.29) is 5.92 Å². The third kappa shape index (κ3) is 8.25. The SMILES string of the molecule is CN(C)c1ccc(/C=C/C(/C(=C/c2ccccc2)c2ccc(N(C)C)cc2)/C(=C/c2ccccc2)c2ccc(N(C)C)cc2)cc1. The Hall–Kier alpha value is -5.28. The lowest BCUT2D eigenvalue weighted by Crippen LogP contribution is -2.10. The third-order valence-corrected chi connectivity index (χ3v) is 8.24. The molecule has 0 atom stereocenters. The fourth-order valence-corrected chi connectivity index (χ4v) is 5.53. The quantitative estimate of drug-likeness (QED) is 0.139. The molecule has 5 rings (SSSR count). The smallest absolute Gasteiger partial charge is 0.0361 e. The highest BCUT2D eigenvalue weighted by Crippen LogP contribution is 2.40. The van der Waals surface area contributed by atoms with E-state index < -0.39 is 0 Å². The van der Waals surface area contributed by atoms with Gasteiger partial charge in [0, 0.05) is 65.3 Å². The molecule has 0 aliphatic rings. The number of benzene rings is 5. The fourth-order valence-electron chi connectivity index (χ4n) is 5.53. The van der Waals surface area contributed by atoms with Crippen LogP contribution in [0, 0.1) is 5.92 Å². The molecule has 0 saturated carbocycles. The molecule has 0 aromatic heterocycles. The van der Waals surface area contributed by atoms with Crippen molar-refractivity contribution in [2.75, 3.05) is 57.0 Å². The van der Waals surface area contributed by atoms with Crippen LogP contribution in [-0.4, -0.2) is 42.3 Å². The highest BCUT2D eigenvalue weighted by molar-refractivity contribution is 5.97. The fraction of sp³-hybridized carbons (Fsp3) is 0.163. The van der Waals surface area contributed by atoms with Crippen LogP contribution in [0.2, 0.25) is 0 Å². The van der Waals surface area contributed by atoms with Crippen molar-refractivity contribution in [3.05, 3.63) is 167 Å². The molecule has 3 nitrogen and oxygen atoms in total. The van der Waals surface area contributed by atoms with Crippen LogP contribution in [0.15, 0.2) is 140 Å². The molecule has 0 fully saturated rings. The number of allylic oxidation sites excluding steroid dienone is 3. The maximum atomic E-state index is 2.37. The normalized spacial score (nSPS) is 12.1. The Balaban J connectivity index is 1.75. The first-order chi connectivity index (χ1) is 22.3. The zero-order valence-electron chi connectivity index (χ0n) is 27.9. The topological polar surface area (TPSA) is 9.72 Å². The summed E-state index contributed by atoms with van der Waals surface area (Å²) in [6.45, 7) is 0. The Morgan fingerprint density at radius 1 is 0.413 bits per heavy atom. The minimum absolute atomic E-state index is 0.0515. The van der Waals surface area contributed by atoms with Crippen LogP contribution in [-0.2, 0) is 0 Å². The molecule has 3 heteroatoms. The highest BCUT2D eigenvalue weighted by Gasteiger charge is 2.21. The number of hydrogen-bond donors (Lipinski definition) is 0. The zero-order valence-corrected chi connectivity index (χ0v) is 27.9. The van der Waals surface area contributed by atoms with Gasteiger partial charge in [-0.1, -0.05) is 121 Å². The van der Waals surface area contributed by atoms with Crippen molar-refractivity contribution in [3.8, 4) is 0 Å². The first-order valence-electron chi connectivity index (χ1n) is 15.8. The van der Waals surface area contributed by atoms with Crippen molar-refractivity contribution < 1.29 is 0 Å². The van der Waals surface area contributed by atoms with Gasteiger partial charge in [0.1, 0.15) is 0 Å². The summed E-state index contributed by atoms with van der Waals surface area (Å²) in [5.74, 6) is -0.0515. The summed E-state index contributed by atoms with van der Waals surface area (Å²) in [4.78, 5) is 6.42. The first kappa shape index (κ1) is 32.1. The van der Waals surface area contributed by atoms with Gasteiger partial charge in [-0.25, -0.2) is 0 Å². The van der Waals surface area contributed by atoms with Gasteiger partial charge in [0.05, 0.1) is 0 Å². The molecule has 5 aromatic rings. The molecule has 46 heavy (non-hydrogen) atoms. The van der Waals surface area contributed by atoms with E-state index in [4.69, 9.17) is 0 Å². The summed E-state index contributed by atoms with van der Waals surface area (Å²) in [6.07, 6.45) is 9.34. The van der Waals surface area contributed by atoms with E-state index in [0.29, 0.717) is 0 Å². The van der Waals surface area contributed by atoms with Crippen molar-refractivity contribution in [2.45, 2.75) is 0 Å². The largest absolute Gasteiger partial charge is 0.378 e. The molecule has 0 amide bonds. The second-order valence-corrected chi connectivity index (χ2v) is 12.2. The van der Waals surface area contributed by atoms with Gasteiger partial charge in [-0.3, -0.25) is 0 Å². The van der Waals surface area contributed by atoms with Crippen LogP contribution < -0.4 is 14.7 Å². The van der Waals surface area contributed by atoms with Gasteiger partial charge < -0.3 is 14.7 Å². The number of anilines is 3. The van der Waals surface area contributed by atoms with E-state index in [0.717, 1.165) is 0 Å². The summed E-state index contributed by atoms with van der Waals surface area (Å²) < 4.78 is 0. The van der Waals surface area contributed by atoms with E-state index in [1.165, 1.54) is 56.0 Å². The van der Waals surface area contributed by atoms with Crippen LogP contribution in [0.4, 0.5) is 17.1 Å². The Labute approximate surface area is 276 Å². The van der Waals surface area contributed by atoms with Crippen LogP contribution in [0.5, 0.6) is 0 Å². The van der Waals surface area contributed by atoms with E-state index in [9.17, 15) is 0 Å². The van der Waals surface area contributed by atoms with Gasteiger partial charge in [0.2, 0.25) is 0 Å². The Morgan fingerprint density at radius 2 is 0.761 bits per heavy atom. The molecule has 0 spiro atoms. The molecule has 0 N–H and O–H groups in total. The molecular formula is C43H45N3. The summed E-state index contributed by atoms with van der Waals surface area (Å²) in [7, 11) is 12.5. The lowest BCUT2D eigenvalue weighted by atomic mass is 9.80. The van der Waals surface area contributed by atoms with Gasteiger partial charge in [0.25, 0.3) is 0 Å². The minimum Gasteiger partial charge on any atom is -0.378 e. The molecule has 0 heterocycles. The second kappa shape index (κ2) is 15.1. The van der Waals surface area contributed by atoms with Crippen molar-refractivity contribution in [1.82, 2.24) is 0 Å². The van der Waals surface area contributed by atoms with Crippen molar-refractivity contribution in [3.63, 3.8) is 0 Å². The Kier molecular flexibility index (Phi) is 10.6. The summed E-state index contributed by atoms with van der Waals surface area (Å²) in [5.41, 5.74) is 11.9. The number of rotatable bonds is 11. The molecule has 0 saturated heterocycles. The van der Waals surface area contributed by atoms with Crippen molar-refractivity contribution in [2.24, 2.45) is 5.92 Å². The summed E-state index contributed by atoms with van der Waals surface area (Å²) in [5, 5.41) is 0. The predicted molar refractivity (Wildman–Crippen MR) is 203 cm³/mol. The van der Waals surface area contributed by atoms with E-state index in [1.54, 1.807) is 0 Å². The molecule has 232 valence electrons. The molecule has 0 unspecified atom stereocenters. The third-order valence-electron chi connectivity index (χ3n) is 8.24. The lowest BCUT2D eigenvalue weighted by molar-refractivity contribution is 1.11. The van der Waals surface area contributed by atoms with Crippen LogP contribution >= 0.6 is 0 Å². The summed E-state index contributed by atoms with van der Waals surface area (Å²) >= 11 is 0. The van der Waals surface area contributed by atoms with Gasteiger partial charge in [-0.05, 0) is 75.4 Å². The van der Waals surface area contributed by atoms with Gasteiger partial charge >= 0.3 is 0 Å². The molecule has 0 bridgehead atoms. The molecule has 0 aliphatic heterocycles. The maximum Gasteiger partial charge on any atom is 0.0361 e. The van der Waals surface area contributed by atoms with Crippen molar-refractivity contribution >= 4 is 46.4 Å². The standard InChI is InChI=1S/C43H45N3/c1-44(2)38-24-17-33(18-25-38)19-30-41(42(31-34-13-9-7-10-14-34)36-20-26-39(27-21-36)45(3)4)43(32-35-15-11-8-12-16-35)37-22-28-40(29-23-37)46(5)6/h7-32,41H,1-6H3/b30-19+,42-31+,43-32+. The van der Waals surface area contributed by atoms with Gasteiger partial charge in [0.15, 0.2) is 0 Å². The van der Waals surface area contributed by atoms with Crippen LogP contribution in [0.3, 0.4) is 0 Å². The first-order valence-corrected chi connectivity index (χ1v) is 15.8. The van der Waals surface area contributed by atoms with Gasteiger partial charge in [-0.15, -0.1) is 0 Å². The lowest BCUT2D eigenvalue weighted by Gasteiger charge is -2.24. The Bertz CT molecular complexity index is 1660. The molecule has 5 aromatic carbocycles. The molecular weight excluding hydrogens is 558 g/mol. The number of hydrogen-bond acceptors (Lipinski definition) is 3.